The first-order chi connectivity index (χ1) is 9.13. The van der Waals surface area contributed by atoms with Gasteiger partial charge in [0.2, 0.25) is 5.88 Å². The van der Waals surface area contributed by atoms with Crippen molar-refractivity contribution < 1.29 is 14.3 Å². The van der Waals surface area contributed by atoms with Crippen molar-refractivity contribution in [1.82, 2.24) is 4.98 Å². The highest BCUT2D eigenvalue weighted by Gasteiger charge is 2.08. The van der Waals surface area contributed by atoms with Gasteiger partial charge in [-0.3, -0.25) is 4.79 Å². The second kappa shape index (κ2) is 5.84. The molecule has 4 nitrogen and oxygen atoms in total. The maximum atomic E-state index is 10.7. The van der Waals surface area contributed by atoms with Crippen LogP contribution in [-0.4, -0.2) is 18.4 Å². The standard InChI is InChI=1S/C14H12BrNO3/c1-9-5-10(8-17)7-16-14(9)19-13-4-3-11(18-2)6-12(13)15/h3-8H,1-2H3. The molecular weight excluding hydrogens is 310 g/mol. The van der Waals surface area contributed by atoms with E-state index >= 15 is 0 Å². The quantitative estimate of drug-likeness (QED) is 0.804. The predicted octanol–water partition coefficient (Wildman–Crippen LogP) is 3.77. The number of hydrogen-bond acceptors (Lipinski definition) is 4. The lowest BCUT2D eigenvalue weighted by Crippen LogP contribution is -1.94. The molecule has 0 saturated heterocycles. The van der Waals surface area contributed by atoms with E-state index in [0.29, 0.717) is 17.2 Å². The molecule has 0 aliphatic heterocycles. The first-order valence-corrected chi connectivity index (χ1v) is 6.36. The summed E-state index contributed by atoms with van der Waals surface area (Å²) in [6.45, 7) is 1.84. The summed E-state index contributed by atoms with van der Waals surface area (Å²) >= 11 is 3.41. The Hall–Kier alpha value is -1.88. The molecule has 0 bridgehead atoms. The highest BCUT2D eigenvalue weighted by molar-refractivity contribution is 9.10. The second-order valence-electron chi connectivity index (χ2n) is 3.91. The van der Waals surface area contributed by atoms with Gasteiger partial charge in [-0.25, -0.2) is 4.98 Å². The summed E-state index contributed by atoms with van der Waals surface area (Å²) in [6.07, 6.45) is 2.24. The molecule has 1 heterocycles. The van der Waals surface area contributed by atoms with Crippen LogP contribution in [-0.2, 0) is 0 Å². The third-order valence-electron chi connectivity index (χ3n) is 2.53. The second-order valence-corrected chi connectivity index (χ2v) is 4.76. The Morgan fingerprint density at radius 1 is 1.32 bits per heavy atom. The van der Waals surface area contributed by atoms with Crippen LogP contribution in [0.25, 0.3) is 0 Å². The van der Waals surface area contributed by atoms with Crippen LogP contribution in [0.2, 0.25) is 0 Å². The molecule has 0 fully saturated rings. The van der Waals surface area contributed by atoms with Crippen LogP contribution in [0.15, 0.2) is 34.9 Å². The molecule has 2 aromatic rings. The van der Waals surface area contributed by atoms with Crippen LogP contribution in [0, 0.1) is 6.92 Å². The Balaban J connectivity index is 2.28. The fourth-order valence-corrected chi connectivity index (χ4v) is 1.99. The summed E-state index contributed by atoms with van der Waals surface area (Å²) in [5.74, 6) is 1.84. The van der Waals surface area contributed by atoms with Gasteiger partial charge in [0.25, 0.3) is 0 Å². The molecule has 98 valence electrons. The molecule has 0 aliphatic carbocycles. The van der Waals surface area contributed by atoms with Gasteiger partial charge in [0.05, 0.1) is 11.6 Å². The lowest BCUT2D eigenvalue weighted by molar-refractivity contribution is 0.112. The molecule has 19 heavy (non-hydrogen) atoms. The number of halogens is 1. The Kier molecular flexibility index (Phi) is 4.16. The number of pyridine rings is 1. The molecule has 0 aliphatic rings. The van der Waals surface area contributed by atoms with Crippen molar-refractivity contribution in [2.75, 3.05) is 7.11 Å². The maximum Gasteiger partial charge on any atom is 0.222 e. The Morgan fingerprint density at radius 3 is 2.68 bits per heavy atom. The largest absolute Gasteiger partial charge is 0.497 e. The van der Waals surface area contributed by atoms with E-state index in [0.717, 1.165) is 22.1 Å². The van der Waals surface area contributed by atoms with Gasteiger partial charge in [-0.1, -0.05) is 0 Å². The van der Waals surface area contributed by atoms with Crippen molar-refractivity contribution >= 4 is 22.2 Å². The van der Waals surface area contributed by atoms with Crippen molar-refractivity contribution in [2.45, 2.75) is 6.92 Å². The fourth-order valence-electron chi connectivity index (χ4n) is 1.55. The average molecular weight is 322 g/mol. The third-order valence-corrected chi connectivity index (χ3v) is 3.15. The number of rotatable bonds is 4. The van der Waals surface area contributed by atoms with E-state index in [1.165, 1.54) is 6.20 Å². The highest BCUT2D eigenvalue weighted by atomic mass is 79.9. The van der Waals surface area contributed by atoms with E-state index in [-0.39, 0.29) is 0 Å². The van der Waals surface area contributed by atoms with E-state index in [4.69, 9.17) is 9.47 Å². The Bertz CT molecular complexity index is 614. The van der Waals surface area contributed by atoms with Gasteiger partial charge in [-0.2, -0.15) is 0 Å². The zero-order valence-corrected chi connectivity index (χ0v) is 12.1. The molecule has 0 atom stereocenters. The van der Waals surface area contributed by atoms with E-state index < -0.39 is 0 Å². The van der Waals surface area contributed by atoms with Gasteiger partial charge < -0.3 is 9.47 Å². The zero-order chi connectivity index (χ0) is 13.8. The van der Waals surface area contributed by atoms with E-state index in [9.17, 15) is 4.79 Å². The molecule has 0 amide bonds. The van der Waals surface area contributed by atoms with Crippen molar-refractivity contribution in [2.24, 2.45) is 0 Å². The van der Waals surface area contributed by atoms with Crippen LogP contribution in [0.4, 0.5) is 0 Å². The predicted molar refractivity (Wildman–Crippen MR) is 75.1 cm³/mol. The molecule has 5 heteroatoms. The highest BCUT2D eigenvalue weighted by Crippen LogP contribution is 2.33. The molecule has 1 aromatic heterocycles. The number of benzene rings is 1. The number of aldehydes is 1. The summed E-state index contributed by atoms with van der Waals surface area (Å²) in [7, 11) is 1.60. The number of aromatic nitrogens is 1. The van der Waals surface area contributed by atoms with Crippen molar-refractivity contribution in [3.63, 3.8) is 0 Å². The molecule has 0 N–H and O–H groups in total. The monoisotopic (exact) mass is 321 g/mol. The van der Waals surface area contributed by atoms with Crippen molar-refractivity contribution in [3.05, 3.63) is 46.1 Å². The summed E-state index contributed by atoms with van der Waals surface area (Å²) in [4.78, 5) is 14.8. The molecule has 0 radical (unpaired) electrons. The number of aryl methyl sites for hydroxylation is 1. The summed E-state index contributed by atoms with van der Waals surface area (Å²) < 4.78 is 11.6. The first-order valence-electron chi connectivity index (χ1n) is 5.57. The molecule has 1 aromatic carbocycles. The van der Waals surface area contributed by atoms with E-state index in [1.807, 2.05) is 13.0 Å². The van der Waals surface area contributed by atoms with Crippen LogP contribution < -0.4 is 9.47 Å². The normalized spacial score (nSPS) is 10.1. The molecule has 0 saturated carbocycles. The Labute approximate surface area is 119 Å². The van der Waals surface area contributed by atoms with E-state index in [1.54, 1.807) is 25.3 Å². The lowest BCUT2D eigenvalue weighted by Gasteiger charge is -2.10. The minimum atomic E-state index is 0.469. The fraction of sp³-hybridized carbons (Fsp3) is 0.143. The minimum Gasteiger partial charge on any atom is -0.497 e. The van der Waals surface area contributed by atoms with Crippen LogP contribution in [0.5, 0.6) is 17.4 Å². The smallest absolute Gasteiger partial charge is 0.222 e. The van der Waals surface area contributed by atoms with Crippen LogP contribution in [0.3, 0.4) is 0 Å². The number of methoxy groups -OCH3 is 1. The molecular formula is C14H12BrNO3. The van der Waals surface area contributed by atoms with Crippen molar-refractivity contribution in [1.29, 1.82) is 0 Å². The van der Waals surface area contributed by atoms with Gasteiger partial charge in [0, 0.05) is 17.3 Å². The van der Waals surface area contributed by atoms with E-state index in [2.05, 4.69) is 20.9 Å². The Morgan fingerprint density at radius 2 is 2.11 bits per heavy atom. The van der Waals surface area contributed by atoms with Gasteiger partial charge in [0.1, 0.15) is 11.5 Å². The van der Waals surface area contributed by atoms with Gasteiger partial charge in [-0.05, 0) is 47.1 Å². The summed E-state index contributed by atoms with van der Waals surface area (Å²) in [6, 6.07) is 7.13. The summed E-state index contributed by atoms with van der Waals surface area (Å²) in [5.41, 5.74) is 1.32. The summed E-state index contributed by atoms with van der Waals surface area (Å²) in [5, 5.41) is 0. The number of carbonyl (C=O) groups is 1. The molecule has 0 spiro atoms. The van der Waals surface area contributed by atoms with Crippen LogP contribution in [0.1, 0.15) is 15.9 Å². The zero-order valence-electron chi connectivity index (χ0n) is 10.5. The molecule has 0 unspecified atom stereocenters. The SMILES string of the molecule is COc1ccc(Oc2ncc(C=O)cc2C)c(Br)c1. The molecule has 2 rings (SSSR count). The number of ether oxygens (including phenoxy) is 2. The number of hydrogen-bond donors (Lipinski definition) is 0. The topological polar surface area (TPSA) is 48.4 Å². The maximum absolute atomic E-state index is 10.7. The van der Waals surface area contributed by atoms with Crippen molar-refractivity contribution in [3.8, 4) is 17.4 Å². The lowest BCUT2D eigenvalue weighted by atomic mass is 10.2. The first kappa shape index (κ1) is 13.5. The minimum absolute atomic E-state index is 0.469. The number of nitrogens with zero attached hydrogens (tertiary/aromatic N) is 1. The van der Waals surface area contributed by atoms with Crippen LogP contribution >= 0.6 is 15.9 Å². The van der Waals surface area contributed by atoms with Gasteiger partial charge in [-0.15, -0.1) is 0 Å². The third kappa shape index (κ3) is 3.12. The number of carbonyl (C=O) groups excluding carboxylic acids is 1. The van der Waals surface area contributed by atoms with Gasteiger partial charge in [0.15, 0.2) is 6.29 Å². The van der Waals surface area contributed by atoms with Gasteiger partial charge >= 0.3 is 0 Å². The average Bonchev–Trinajstić information content (AvgIpc) is 2.42.